The minimum atomic E-state index is -0.989. The maximum atomic E-state index is 12.4. The highest BCUT2D eigenvalue weighted by Crippen LogP contribution is 2.23. The zero-order valence-corrected chi connectivity index (χ0v) is 18.3. The van der Waals surface area contributed by atoms with Crippen LogP contribution in [0.5, 0.6) is 11.5 Å². The minimum Gasteiger partial charge on any atom is -0.418 e. The SMILES string of the molecule is CCCCCCc1ccccc1OC(=O)C(=O)Oc1ccccc1CCCCCC. The van der Waals surface area contributed by atoms with Gasteiger partial charge in [-0.1, -0.05) is 88.8 Å². The Morgan fingerprint density at radius 3 is 1.40 bits per heavy atom. The Bertz CT molecular complexity index is 730. The molecule has 0 aliphatic rings. The van der Waals surface area contributed by atoms with Crippen molar-refractivity contribution in [3.63, 3.8) is 0 Å². The fourth-order valence-electron chi connectivity index (χ4n) is 3.39. The van der Waals surface area contributed by atoms with Gasteiger partial charge in [0.15, 0.2) is 0 Å². The van der Waals surface area contributed by atoms with E-state index in [2.05, 4.69) is 13.8 Å². The van der Waals surface area contributed by atoms with Gasteiger partial charge in [0.1, 0.15) is 11.5 Å². The van der Waals surface area contributed by atoms with E-state index in [1.54, 1.807) is 24.3 Å². The maximum absolute atomic E-state index is 12.4. The summed E-state index contributed by atoms with van der Waals surface area (Å²) in [6, 6.07) is 14.8. The molecule has 0 atom stereocenters. The fraction of sp³-hybridized carbons (Fsp3) is 0.462. The van der Waals surface area contributed by atoms with Crippen LogP contribution in [0, 0.1) is 0 Å². The summed E-state index contributed by atoms with van der Waals surface area (Å²) in [5, 5.41) is 0. The lowest BCUT2D eigenvalue weighted by Gasteiger charge is -2.11. The monoisotopic (exact) mass is 410 g/mol. The molecule has 0 heterocycles. The van der Waals surface area contributed by atoms with Gasteiger partial charge in [-0.25, -0.2) is 9.59 Å². The number of carbonyl (C=O) groups excluding carboxylic acids is 2. The molecule has 0 unspecified atom stereocenters. The van der Waals surface area contributed by atoms with Crippen LogP contribution in [-0.4, -0.2) is 11.9 Å². The van der Waals surface area contributed by atoms with E-state index in [0.717, 1.165) is 49.7 Å². The lowest BCUT2D eigenvalue weighted by Crippen LogP contribution is -2.26. The van der Waals surface area contributed by atoms with Crippen LogP contribution < -0.4 is 9.47 Å². The first-order valence-corrected chi connectivity index (χ1v) is 11.3. The van der Waals surface area contributed by atoms with Crippen molar-refractivity contribution in [1.82, 2.24) is 0 Å². The Labute approximate surface area is 180 Å². The van der Waals surface area contributed by atoms with E-state index in [1.807, 2.05) is 24.3 Å². The van der Waals surface area contributed by atoms with Gasteiger partial charge in [0, 0.05) is 0 Å². The Kier molecular flexibility index (Phi) is 10.7. The maximum Gasteiger partial charge on any atom is 0.423 e. The molecular formula is C26H34O4. The van der Waals surface area contributed by atoms with Gasteiger partial charge in [0.2, 0.25) is 0 Å². The molecule has 2 aromatic carbocycles. The number of aryl methyl sites for hydroxylation is 2. The van der Waals surface area contributed by atoms with Crippen LogP contribution in [0.4, 0.5) is 0 Å². The minimum absolute atomic E-state index is 0.434. The zero-order chi connectivity index (χ0) is 21.6. The van der Waals surface area contributed by atoms with Gasteiger partial charge in [0.05, 0.1) is 0 Å². The average molecular weight is 411 g/mol. The lowest BCUT2D eigenvalue weighted by molar-refractivity contribution is -0.156. The number of unbranched alkanes of at least 4 members (excludes halogenated alkanes) is 6. The molecule has 0 spiro atoms. The number of hydrogen-bond acceptors (Lipinski definition) is 4. The third-order valence-corrected chi connectivity index (χ3v) is 5.12. The van der Waals surface area contributed by atoms with Crippen molar-refractivity contribution >= 4 is 11.9 Å². The smallest absolute Gasteiger partial charge is 0.418 e. The van der Waals surface area contributed by atoms with E-state index in [-0.39, 0.29) is 0 Å². The van der Waals surface area contributed by atoms with Crippen molar-refractivity contribution in [1.29, 1.82) is 0 Å². The van der Waals surface area contributed by atoms with E-state index in [1.165, 1.54) is 25.7 Å². The van der Waals surface area contributed by atoms with Gasteiger partial charge in [-0.3, -0.25) is 0 Å². The molecule has 2 aromatic rings. The van der Waals surface area contributed by atoms with E-state index >= 15 is 0 Å². The molecule has 0 N–H and O–H groups in total. The van der Waals surface area contributed by atoms with Gasteiger partial charge in [-0.05, 0) is 48.9 Å². The van der Waals surface area contributed by atoms with Crippen LogP contribution >= 0.6 is 0 Å². The summed E-state index contributed by atoms with van der Waals surface area (Å²) in [6.07, 6.45) is 10.7. The molecule has 4 heteroatoms. The van der Waals surface area contributed by atoms with Crippen molar-refractivity contribution in [2.24, 2.45) is 0 Å². The molecule has 0 aliphatic carbocycles. The van der Waals surface area contributed by atoms with Crippen LogP contribution in [0.15, 0.2) is 48.5 Å². The molecule has 0 fully saturated rings. The quantitative estimate of drug-likeness (QED) is 0.175. The second-order valence-electron chi connectivity index (χ2n) is 7.62. The predicted octanol–water partition coefficient (Wildman–Crippen LogP) is 6.44. The molecule has 0 aliphatic heterocycles. The highest BCUT2D eigenvalue weighted by Gasteiger charge is 2.21. The Morgan fingerprint density at radius 2 is 1.00 bits per heavy atom. The summed E-state index contributed by atoms with van der Waals surface area (Å²) >= 11 is 0. The first-order valence-electron chi connectivity index (χ1n) is 11.3. The summed E-state index contributed by atoms with van der Waals surface area (Å²) in [7, 11) is 0. The van der Waals surface area contributed by atoms with Crippen LogP contribution in [0.3, 0.4) is 0 Å². The van der Waals surface area contributed by atoms with Crippen LogP contribution in [0.1, 0.15) is 76.3 Å². The summed E-state index contributed by atoms with van der Waals surface area (Å²) < 4.78 is 10.8. The number of carbonyl (C=O) groups is 2. The van der Waals surface area contributed by atoms with Gasteiger partial charge in [-0.15, -0.1) is 0 Å². The van der Waals surface area contributed by atoms with Gasteiger partial charge < -0.3 is 9.47 Å². The molecule has 0 bridgehead atoms. The van der Waals surface area contributed by atoms with Crippen molar-refractivity contribution in [3.05, 3.63) is 59.7 Å². The van der Waals surface area contributed by atoms with E-state index in [4.69, 9.17) is 9.47 Å². The average Bonchev–Trinajstić information content (AvgIpc) is 2.76. The third-order valence-electron chi connectivity index (χ3n) is 5.12. The van der Waals surface area contributed by atoms with Gasteiger partial charge in [-0.2, -0.15) is 0 Å². The summed E-state index contributed by atoms with van der Waals surface area (Å²) in [5.41, 5.74) is 1.87. The molecule has 0 aromatic heterocycles. The van der Waals surface area contributed by atoms with Gasteiger partial charge in [0.25, 0.3) is 0 Å². The largest absolute Gasteiger partial charge is 0.423 e. The molecule has 0 radical (unpaired) electrons. The summed E-state index contributed by atoms with van der Waals surface area (Å²) in [4.78, 5) is 24.7. The zero-order valence-electron chi connectivity index (χ0n) is 18.3. The van der Waals surface area contributed by atoms with Crippen molar-refractivity contribution in [2.45, 2.75) is 78.1 Å². The molecule has 0 saturated carbocycles. The highest BCUT2D eigenvalue weighted by molar-refractivity contribution is 6.31. The number of ether oxygens (including phenoxy) is 2. The standard InChI is InChI=1S/C26H34O4/c1-3-5-7-9-15-21-17-11-13-19-23(21)29-25(27)26(28)30-24-20-14-12-18-22(24)16-10-8-6-4-2/h11-14,17-20H,3-10,15-16H2,1-2H3. The van der Waals surface area contributed by atoms with Crippen LogP contribution in [-0.2, 0) is 22.4 Å². The molecule has 162 valence electrons. The van der Waals surface area contributed by atoms with Crippen molar-refractivity contribution in [2.75, 3.05) is 0 Å². The summed E-state index contributed by atoms with van der Waals surface area (Å²) in [5.74, 6) is -1.11. The van der Waals surface area contributed by atoms with Crippen LogP contribution in [0.25, 0.3) is 0 Å². The van der Waals surface area contributed by atoms with Gasteiger partial charge >= 0.3 is 11.9 Å². The Hall–Kier alpha value is -2.62. The first-order chi connectivity index (χ1) is 14.7. The summed E-state index contributed by atoms with van der Waals surface area (Å²) in [6.45, 7) is 4.34. The topological polar surface area (TPSA) is 52.6 Å². The fourth-order valence-corrected chi connectivity index (χ4v) is 3.39. The highest BCUT2D eigenvalue weighted by atomic mass is 16.6. The molecule has 4 nitrogen and oxygen atoms in total. The Morgan fingerprint density at radius 1 is 0.600 bits per heavy atom. The predicted molar refractivity (Wildman–Crippen MR) is 120 cm³/mol. The normalized spacial score (nSPS) is 10.6. The van der Waals surface area contributed by atoms with E-state index in [9.17, 15) is 9.59 Å². The van der Waals surface area contributed by atoms with E-state index < -0.39 is 11.9 Å². The molecule has 30 heavy (non-hydrogen) atoms. The number of benzene rings is 2. The van der Waals surface area contributed by atoms with Crippen molar-refractivity contribution < 1.29 is 19.1 Å². The number of rotatable bonds is 12. The molecule has 0 saturated heterocycles. The first kappa shape index (κ1) is 23.7. The Balaban J connectivity index is 1.95. The number of hydrogen-bond donors (Lipinski definition) is 0. The molecule has 0 amide bonds. The molecular weight excluding hydrogens is 376 g/mol. The second-order valence-corrected chi connectivity index (χ2v) is 7.62. The third kappa shape index (κ3) is 8.02. The number of esters is 2. The second kappa shape index (κ2) is 13.6. The van der Waals surface area contributed by atoms with Crippen LogP contribution in [0.2, 0.25) is 0 Å². The lowest BCUT2D eigenvalue weighted by atomic mass is 10.1. The molecule has 2 rings (SSSR count). The van der Waals surface area contributed by atoms with E-state index in [0.29, 0.717) is 11.5 Å². The van der Waals surface area contributed by atoms with Crippen molar-refractivity contribution in [3.8, 4) is 11.5 Å². The number of para-hydroxylation sites is 2.